The van der Waals surface area contributed by atoms with Crippen LogP contribution in [0.1, 0.15) is 53.5 Å². The van der Waals surface area contributed by atoms with E-state index in [1.54, 1.807) is 42.5 Å². The van der Waals surface area contributed by atoms with Gasteiger partial charge in [0.1, 0.15) is 0 Å². The van der Waals surface area contributed by atoms with Gasteiger partial charge in [0, 0.05) is 23.2 Å². The van der Waals surface area contributed by atoms with Crippen molar-refractivity contribution in [3.63, 3.8) is 0 Å². The van der Waals surface area contributed by atoms with E-state index in [0.717, 1.165) is 0 Å². The van der Waals surface area contributed by atoms with E-state index in [9.17, 15) is 19.5 Å². The number of hydrogen-bond acceptors (Lipinski definition) is 3. The van der Waals surface area contributed by atoms with Crippen LogP contribution in [0, 0.1) is 0 Å². The van der Waals surface area contributed by atoms with Crippen molar-refractivity contribution >= 4 is 23.5 Å². The number of carbonyl (C=O) groups excluding carboxylic acids is 2. The first-order chi connectivity index (χ1) is 12.7. The second-order valence-electron chi connectivity index (χ2n) is 7.29. The fourth-order valence-corrected chi connectivity index (χ4v) is 2.54. The summed E-state index contributed by atoms with van der Waals surface area (Å²) in [5.41, 5.74) is 1.60. The Labute approximate surface area is 158 Å². The Hall–Kier alpha value is -3.15. The Morgan fingerprint density at radius 2 is 1.59 bits per heavy atom. The predicted molar refractivity (Wildman–Crippen MR) is 104 cm³/mol. The van der Waals surface area contributed by atoms with Crippen molar-refractivity contribution in [1.82, 2.24) is 5.32 Å². The average molecular weight is 368 g/mol. The minimum Gasteiger partial charge on any atom is -0.478 e. The van der Waals surface area contributed by atoms with Crippen LogP contribution in [0.3, 0.4) is 0 Å². The van der Waals surface area contributed by atoms with Crippen molar-refractivity contribution in [3.8, 4) is 0 Å². The van der Waals surface area contributed by atoms with Crippen LogP contribution >= 0.6 is 0 Å². The highest BCUT2D eigenvalue weighted by Crippen LogP contribution is 2.14. The number of hydrogen-bond donors (Lipinski definition) is 3. The molecular weight excluding hydrogens is 344 g/mol. The third-order valence-electron chi connectivity index (χ3n) is 3.79. The summed E-state index contributed by atoms with van der Waals surface area (Å²) in [6, 6.07) is 13.3. The van der Waals surface area contributed by atoms with E-state index < -0.39 is 5.97 Å². The lowest BCUT2D eigenvalue weighted by molar-refractivity contribution is -0.116. The number of carboxylic acid groups (broad SMARTS) is 1. The molecule has 0 heterocycles. The van der Waals surface area contributed by atoms with Gasteiger partial charge in [-0.25, -0.2) is 4.79 Å². The molecule has 0 saturated carbocycles. The molecule has 0 radical (unpaired) electrons. The van der Waals surface area contributed by atoms with Gasteiger partial charge in [-0.05, 0) is 63.1 Å². The molecule has 2 amide bonds. The number of benzene rings is 2. The summed E-state index contributed by atoms with van der Waals surface area (Å²) < 4.78 is 0. The molecule has 2 aromatic carbocycles. The molecule has 0 fully saturated rings. The minimum absolute atomic E-state index is 0.163. The monoisotopic (exact) mass is 368 g/mol. The Bertz CT molecular complexity index is 836. The van der Waals surface area contributed by atoms with Crippen molar-refractivity contribution in [2.45, 2.75) is 39.2 Å². The summed E-state index contributed by atoms with van der Waals surface area (Å²) in [6.07, 6.45) is 0.497. The largest absolute Gasteiger partial charge is 0.478 e. The molecule has 2 aromatic rings. The van der Waals surface area contributed by atoms with E-state index in [2.05, 4.69) is 10.6 Å². The molecule has 0 atom stereocenters. The number of nitrogens with one attached hydrogen (secondary N) is 2. The van der Waals surface area contributed by atoms with Gasteiger partial charge in [0.05, 0.1) is 5.56 Å². The van der Waals surface area contributed by atoms with Crippen molar-refractivity contribution in [1.29, 1.82) is 0 Å². The highest BCUT2D eigenvalue weighted by Gasteiger charge is 2.15. The highest BCUT2D eigenvalue weighted by atomic mass is 16.4. The first kappa shape index (κ1) is 20.2. The molecule has 0 unspecified atom stereocenters. The van der Waals surface area contributed by atoms with Crippen molar-refractivity contribution < 1.29 is 19.5 Å². The third-order valence-corrected chi connectivity index (χ3v) is 3.79. The molecule has 0 aliphatic rings. The van der Waals surface area contributed by atoms with Gasteiger partial charge >= 0.3 is 5.97 Å². The van der Waals surface area contributed by atoms with Gasteiger partial charge in [-0.15, -0.1) is 0 Å². The lowest BCUT2D eigenvalue weighted by Crippen LogP contribution is -2.40. The SMILES string of the molecule is CC(C)(C)NC(=O)c1ccc(NC(=O)CCc2ccccc2C(=O)O)cc1. The molecule has 0 aliphatic heterocycles. The van der Waals surface area contributed by atoms with Gasteiger partial charge in [0.15, 0.2) is 0 Å². The van der Waals surface area contributed by atoms with Crippen LogP contribution in [-0.4, -0.2) is 28.4 Å². The van der Waals surface area contributed by atoms with Crippen LogP contribution in [0.2, 0.25) is 0 Å². The number of carboxylic acids is 1. The lowest BCUT2D eigenvalue weighted by atomic mass is 10.0. The highest BCUT2D eigenvalue weighted by molar-refractivity contribution is 5.96. The maximum atomic E-state index is 12.1. The standard InChI is InChI=1S/C21H24N2O4/c1-21(2,3)23-19(25)15-8-11-16(12-9-15)22-18(24)13-10-14-6-4-5-7-17(14)20(26)27/h4-9,11-12H,10,13H2,1-3H3,(H,22,24)(H,23,25)(H,26,27). The first-order valence-electron chi connectivity index (χ1n) is 8.69. The van der Waals surface area contributed by atoms with E-state index in [1.807, 2.05) is 20.8 Å². The summed E-state index contributed by atoms with van der Waals surface area (Å²) >= 11 is 0. The van der Waals surface area contributed by atoms with E-state index in [-0.39, 0.29) is 29.3 Å². The first-order valence-corrected chi connectivity index (χ1v) is 8.69. The van der Waals surface area contributed by atoms with Gasteiger partial charge in [-0.3, -0.25) is 9.59 Å². The van der Waals surface area contributed by atoms with Crippen LogP contribution in [-0.2, 0) is 11.2 Å². The molecule has 0 spiro atoms. The number of carbonyl (C=O) groups is 3. The van der Waals surface area contributed by atoms with E-state index in [1.165, 1.54) is 6.07 Å². The molecule has 2 rings (SSSR count). The molecule has 0 bridgehead atoms. The van der Waals surface area contributed by atoms with Crippen LogP contribution in [0.25, 0.3) is 0 Å². The van der Waals surface area contributed by atoms with E-state index >= 15 is 0 Å². The fraction of sp³-hybridized carbons (Fsp3) is 0.286. The van der Waals surface area contributed by atoms with Crippen LogP contribution in [0.5, 0.6) is 0 Å². The van der Waals surface area contributed by atoms with Crippen LogP contribution in [0.4, 0.5) is 5.69 Å². The summed E-state index contributed by atoms with van der Waals surface area (Å²) in [5.74, 6) is -1.40. The Morgan fingerprint density at radius 3 is 2.19 bits per heavy atom. The van der Waals surface area contributed by atoms with Crippen molar-refractivity contribution in [3.05, 3.63) is 65.2 Å². The second-order valence-corrected chi connectivity index (χ2v) is 7.29. The average Bonchev–Trinajstić information content (AvgIpc) is 2.59. The second kappa shape index (κ2) is 8.49. The predicted octanol–water partition coefficient (Wildman–Crippen LogP) is 3.48. The third kappa shape index (κ3) is 6.26. The molecule has 6 heteroatoms. The van der Waals surface area contributed by atoms with E-state index in [0.29, 0.717) is 23.2 Å². The van der Waals surface area contributed by atoms with Crippen molar-refractivity contribution in [2.75, 3.05) is 5.32 Å². The zero-order valence-electron chi connectivity index (χ0n) is 15.7. The number of aryl methyl sites for hydroxylation is 1. The molecule has 6 nitrogen and oxygen atoms in total. The zero-order chi connectivity index (χ0) is 20.0. The number of anilines is 1. The minimum atomic E-state index is -1.00. The van der Waals surface area contributed by atoms with Gasteiger partial charge in [0.25, 0.3) is 5.91 Å². The molecule has 0 saturated heterocycles. The summed E-state index contributed by atoms with van der Waals surface area (Å²) in [6.45, 7) is 5.71. The number of amides is 2. The van der Waals surface area contributed by atoms with Crippen molar-refractivity contribution in [2.24, 2.45) is 0 Å². The topological polar surface area (TPSA) is 95.5 Å². The molecule has 142 valence electrons. The lowest BCUT2D eigenvalue weighted by Gasteiger charge is -2.20. The molecule has 0 aromatic heterocycles. The number of rotatable bonds is 6. The fourth-order valence-electron chi connectivity index (χ4n) is 2.54. The Kier molecular flexibility index (Phi) is 6.34. The van der Waals surface area contributed by atoms with Crippen LogP contribution < -0.4 is 10.6 Å². The number of aromatic carboxylic acids is 1. The molecule has 0 aliphatic carbocycles. The smallest absolute Gasteiger partial charge is 0.335 e. The summed E-state index contributed by atoms with van der Waals surface area (Å²) in [4.78, 5) is 35.4. The van der Waals surface area contributed by atoms with Gasteiger partial charge in [-0.1, -0.05) is 18.2 Å². The normalized spacial score (nSPS) is 10.9. The molecule has 3 N–H and O–H groups in total. The summed E-state index contributed by atoms with van der Waals surface area (Å²) in [5, 5.41) is 14.8. The van der Waals surface area contributed by atoms with Crippen LogP contribution in [0.15, 0.2) is 48.5 Å². The Morgan fingerprint density at radius 1 is 0.963 bits per heavy atom. The summed E-state index contributed by atoms with van der Waals surface area (Å²) in [7, 11) is 0. The maximum absolute atomic E-state index is 12.1. The zero-order valence-corrected chi connectivity index (χ0v) is 15.7. The van der Waals surface area contributed by atoms with Gasteiger partial charge < -0.3 is 15.7 Å². The van der Waals surface area contributed by atoms with E-state index in [4.69, 9.17) is 0 Å². The molecule has 27 heavy (non-hydrogen) atoms. The maximum Gasteiger partial charge on any atom is 0.335 e. The quantitative estimate of drug-likeness (QED) is 0.727. The van der Waals surface area contributed by atoms with Gasteiger partial charge in [-0.2, -0.15) is 0 Å². The van der Waals surface area contributed by atoms with Gasteiger partial charge in [0.2, 0.25) is 5.91 Å². The Balaban J connectivity index is 1.93. The molecular formula is C21H24N2O4.